The van der Waals surface area contributed by atoms with Gasteiger partial charge in [0.1, 0.15) is 17.7 Å². The molecule has 2 aromatic rings. The van der Waals surface area contributed by atoms with Crippen molar-refractivity contribution in [3.05, 3.63) is 47.3 Å². The van der Waals surface area contributed by atoms with Crippen LogP contribution in [0.5, 0.6) is 0 Å². The Kier molecular flexibility index (Phi) is 5.04. The molecule has 3 heterocycles. The molecule has 1 atom stereocenters. The van der Waals surface area contributed by atoms with Gasteiger partial charge in [-0.15, -0.1) is 0 Å². The summed E-state index contributed by atoms with van der Waals surface area (Å²) in [5.41, 5.74) is 2.91. The molecule has 1 aromatic carbocycles. The minimum Gasteiger partial charge on any atom is -0.442 e. The first-order chi connectivity index (χ1) is 13.9. The van der Waals surface area contributed by atoms with E-state index in [9.17, 15) is 14.0 Å². The van der Waals surface area contributed by atoms with E-state index in [0.717, 1.165) is 23.5 Å². The van der Waals surface area contributed by atoms with Crippen LogP contribution < -0.4 is 15.1 Å². The molecule has 9 heteroatoms. The van der Waals surface area contributed by atoms with Gasteiger partial charge in [-0.05, 0) is 25.1 Å². The number of carbonyl (C=O) groups excluding carboxylic acids is 2. The highest BCUT2D eigenvalue weighted by Crippen LogP contribution is 2.30. The Morgan fingerprint density at radius 2 is 2.24 bits per heavy atom. The Morgan fingerprint density at radius 3 is 3.00 bits per heavy atom. The number of cyclic esters (lactones) is 1. The second-order valence-corrected chi connectivity index (χ2v) is 7.25. The van der Waals surface area contributed by atoms with Crippen molar-refractivity contribution >= 4 is 23.4 Å². The molecule has 29 heavy (non-hydrogen) atoms. The van der Waals surface area contributed by atoms with E-state index >= 15 is 0 Å². The molecule has 0 radical (unpaired) electrons. The highest BCUT2D eigenvalue weighted by molar-refractivity contribution is 5.90. The van der Waals surface area contributed by atoms with E-state index < -0.39 is 18.0 Å². The maximum atomic E-state index is 14.9. The molecule has 0 bridgehead atoms. The minimum absolute atomic E-state index is 0.196. The predicted octanol–water partition coefficient (Wildman–Crippen LogP) is 1.95. The van der Waals surface area contributed by atoms with Gasteiger partial charge >= 0.3 is 6.09 Å². The Hall–Kier alpha value is -3.23. The van der Waals surface area contributed by atoms with Gasteiger partial charge in [0.05, 0.1) is 30.2 Å². The summed E-state index contributed by atoms with van der Waals surface area (Å²) in [7, 11) is 0. The number of benzene rings is 1. The molecular weight excluding hydrogens is 377 g/mol. The molecule has 1 N–H and O–H groups in total. The average molecular weight is 399 g/mol. The second kappa shape index (κ2) is 7.65. The molecule has 4 rings (SSSR count). The molecular formula is C20H22FN5O3. The fourth-order valence-corrected chi connectivity index (χ4v) is 3.64. The molecule has 2 amide bonds. The number of fused-ring (bicyclic) bond motifs is 1. The summed E-state index contributed by atoms with van der Waals surface area (Å²) >= 11 is 0. The van der Waals surface area contributed by atoms with Gasteiger partial charge in [-0.1, -0.05) is 0 Å². The molecule has 1 fully saturated rings. The second-order valence-electron chi connectivity index (χ2n) is 7.25. The molecule has 152 valence electrons. The van der Waals surface area contributed by atoms with Crippen LogP contribution in [0.3, 0.4) is 0 Å². The number of nitrogens with zero attached hydrogens (tertiary/aromatic N) is 4. The first-order valence-corrected chi connectivity index (χ1v) is 9.49. The summed E-state index contributed by atoms with van der Waals surface area (Å²) in [5.74, 6) is 0.137. The van der Waals surface area contributed by atoms with Crippen LogP contribution in [0, 0.1) is 12.7 Å². The number of anilines is 2. The summed E-state index contributed by atoms with van der Waals surface area (Å²) in [6.45, 7) is 4.93. The zero-order valence-electron chi connectivity index (χ0n) is 16.3. The van der Waals surface area contributed by atoms with Gasteiger partial charge in [-0.25, -0.2) is 19.2 Å². The van der Waals surface area contributed by atoms with Gasteiger partial charge in [0.2, 0.25) is 5.91 Å². The van der Waals surface area contributed by atoms with E-state index in [1.54, 1.807) is 18.3 Å². The van der Waals surface area contributed by atoms with E-state index in [0.29, 0.717) is 24.5 Å². The van der Waals surface area contributed by atoms with Crippen LogP contribution in [0.2, 0.25) is 0 Å². The van der Waals surface area contributed by atoms with Gasteiger partial charge in [-0.3, -0.25) is 9.69 Å². The quantitative estimate of drug-likeness (QED) is 0.846. The van der Waals surface area contributed by atoms with E-state index in [4.69, 9.17) is 4.74 Å². The van der Waals surface area contributed by atoms with Crippen LogP contribution in [-0.2, 0) is 22.5 Å². The number of halogens is 1. The SMILES string of the molecule is CC(=O)NC[C@H]1CN(c2ccc(N3CCc4nc(C)ncc4C3)c(F)c2)C(=O)O1. The third-order valence-electron chi connectivity index (χ3n) is 5.09. The minimum atomic E-state index is -0.549. The van der Waals surface area contributed by atoms with Crippen LogP contribution in [0.25, 0.3) is 0 Å². The van der Waals surface area contributed by atoms with Crippen molar-refractivity contribution in [2.75, 3.05) is 29.4 Å². The third kappa shape index (κ3) is 3.98. The van der Waals surface area contributed by atoms with Crippen molar-refractivity contribution < 1.29 is 18.7 Å². The van der Waals surface area contributed by atoms with Gasteiger partial charge in [-0.2, -0.15) is 0 Å². The smallest absolute Gasteiger partial charge is 0.414 e. The van der Waals surface area contributed by atoms with Crippen molar-refractivity contribution in [3.8, 4) is 0 Å². The molecule has 0 saturated carbocycles. The molecule has 0 unspecified atom stereocenters. The van der Waals surface area contributed by atoms with Crippen LogP contribution in [0.4, 0.5) is 20.6 Å². The molecule has 1 saturated heterocycles. The Bertz CT molecular complexity index is 967. The first-order valence-electron chi connectivity index (χ1n) is 9.49. The van der Waals surface area contributed by atoms with Crippen molar-refractivity contribution in [2.45, 2.75) is 32.9 Å². The van der Waals surface area contributed by atoms with Crippen LogP contribution in [0.1, 0.15) is 24.0 Å². The summed E-state index contributed by atoms with van der Waals surface area (Å²) in [5, 5.41) is 2.62. The lowest BCUT2D eigenvalue weighted by Crippen LogP contribution is -2.33. The van der Waals surface area contributed by atoms with Gasteiger partial charge in [0.15, 0.2) is 0 Å². The number of aryl methyl sites for hydroxylation is 1. The number of hydrogen-bond acceptors (Lipinski definition) is 6. The number of ether oxygens (including phenoxy) is 1. The standard InChI is InChI=1S/C20H22FN5O3/c1-12-22-8-14-10-25(6-5-18(14)24-12)19-4-3-15(7-17(19)21)26-11-16(29-20(26)28)9-23-13(2)27/h3-4,7-8,16H,5-6,9-11H2,1-2H3,(H,23,27)/t16-/m0/s1. The largest absolute Gasteiger partial charge is 0.442 e. The molecule has 1 aromatic heterocycles. The molecule has 0 spiro atoms. The number of amides is 2. The van der Waals surface area contributed by atoms with E-state index in [1.807, 2.05) is 11.8 Å². The lowest BCUT2D eigenvalue weighted by atomic mass is 10.1. The Balaban J connectivity index is 1.48. The molecule has 0 aliphatic carbocycles. The molecule has 2 aliphatic heterocycles. The van der Waals surface area contributed by atoms with E-state index in [2.05, 4.69) is 15.3 Å². The predicted molar refractivity (Wildman–Crippen MR) is 104 cm³/mol. The number of carbonyl (C=O) groups is 2. The highest BCUT2D eigenvalue weighted by atomic mass is 19.1. The normalized spacial score (nSPS) is 18.4. The van der Waals surface area contributed by atoms with Crippen LogP contribution in [0.15, 0.2) is 24.4 Å². The topological polar surface area (TPSA) is 87.7 Å². The Labute approximate surface area is 167 Å². The van der Waals surface area contributed by atoms with Crippen molar-refractivity contribution in [3.63, 3.8) is 0 Å². The maximum absolute atomic E-state index is 14.9. The van der Waals surface area contributed by atoms with Crippen molar-refractivity contribution in [1.29, 1.82) is 0 Å². The summed E-state index contributed by atoms with van der Waals surface area (Å²) in [4.78, 5) is 35.2. The fraction of sp³-hybridized carbons (Fsp3) is 0.400. The molecule has 8 nitrogen and oxygen atoms in total. The van der Waals surface area contributed by atoms with Crippen molar-refractivity contribution in [2.24, 2.45) is 0 Å². The number of rotatable bonds is 4. The lowest BCUT2D eigenvalue weighted by Gasteiger charge is -2.30. The first kappa shape index (κ1) is 19.1. The number of aromatic nitrogens is 2. The van der Waals surface area contributed by atoms with Crippen molar-refractivity contribution in [1.82, 2.24) is 15.3 Å². The zero-order valence-corrected chi connectivity index (χ0v) is 16.3. The van der Waals surface area contributed by atoms with Gasteiger partial charge < -0.3 is 15.0 Å². The van der Waals surface area contributed by atoms with Gasteiger partial charge in [0.25, 0.3) is 0 Å². The highest BCUT2D eigenvalue weighted by Gasteiger charge is 2.33. The van der Waals surface area contributed by atoms with E-state index in [-0.39, 0.29) is 19.0 Å². The Morgan fingerprint density at radius 1 is 1.41 bits per heavy atom. The third-order valence-corrected chi connectivity index (χ3v) is 5.09. The van der Waals surface area contributed by atoms with E-state index in [1.165, 1.54) is 17.9 Å². The average Bonchev–Trinajstić information content (AvgIpc) is 3.06. The molecule has 2 aliphatic rings. The monoisotopic (exact) mass is 399 g/mol. The van der Waals surface area contributed by atoms with Crippen LogP contribution >= 0.6 is 0 Å². The fourth-order valence-electron chi connectivity index (χ4n) is 3.64. The maximum Gasteiger partial charge on any atom is 0.414 e. The zero-order chi connectivity index (χ0) is 20.5. The number of hydrogen-bond donors (Lipinski definition) is 1. The summed E-state index contributed by atoms with van der Waals surface area (Å²) < 4.78 is 20.1. The van der Waals surface area contributed by atoms with Crippen LogP contribution in [-0.4, -0.2) is 47.7 Å². The van der Waals surface area contributed by atoms with Gasteiger partial charge in [0, 0.05) is 38.2 Å². The summed E-state index contributed by atoms with van der Waals surface area (Å²) in [6.07, 6.45) is 1.51. The summed E-state index contributed by atoms with van der Waals surface area (Å²) in [6, 6.07) is 4.74. The lowest BCUT2D eigenvalue weighted by molar-refractivity contribution is -0.119. The number of nitrogens with one attached hydrogen (secondary N) is 1.